The molecule has 50 valence electrons. The van der Waals surface area contributed by atoms with Gasteiger partial charge in [-0.05, 0) is 6.42 Å². The third-order valence-electron chi connectivity index (χ3n) is 1.19. The third kappa shape index (κ3) is 1.40. The number of hydrogen-bond acceptors (Lipinski definition) is 3. The average Bonchev–Trinajstić information content (AvgIpc) is 2.14. The molecule has 1 aliphatic rings. The molecule has 0 aliphatic carbocycles. The molecule has 4 nitrogen and oxygen atoms in total. The van der Waals surface area contributed by atoms with Crippen molar-refractivity contribution in [3.8, 4) is 6.19 Å². The zero-order chi connectivity index (χ0) is 5.98. The third-order valence-corrected chi connectivity index (χ3v) is 1.19. The van der Waals surface area contributed by atoms with Gasteiger partial charge in [0.05, 0.1) is 0 Å². The van der Waals surface area contributed by atoms with Gasteiger partial charge in [-0.2, -0.15) is 5.26 Å². The van der Waals surface area contributed by atoms with Crippen LogP contribution in [0.15, 0.2) is 0 Å². The van der Waals surface area contributed by atoms with E-state index in [1.54, 1.807) is 6.19 Å². The van der Waals surface area contributed by atoms with Gasteiger partial charge >= 0.3 is 0 Å². The first-order valence-corrected chi connectivity index (χ1v) is 2.54. The van der Waals surface area contributed by atoms with Gasteiger partial charge in [0.2, 0.25) is 5.91 Å². The highest BCUT2D eigenvalue weighted by Gasteiger charge is 2.18. The Hall–Kier alpha value is -1.08. The summed E-state index contributed by atoms with van der Waals surface area (Å²) in [7, 11) is 0. The highest BCUT2D eigenvalue weighted by atomic mass is 16.2. The molecule has 3 N–H and O–H groups in total. The molecular weight excluding hydrogens is 118 g/mol. The van der Waals surface area contributed by atoms with Crippen molar-refractivity contribution < 1.29 is 4.79 Å². The Morgan fingerprint density at radius 3 is 2.56 bits per heavy atom. The number of nitrogens with zero attached hydrogens (tertiary/aromatic N) is 2. The Labute approximate surface area is 53.6 Å². The van der Waals surface area contributed by atoms with Gasteiger partial charge in [0.1, 0.15) is 0 Å². The molecule has 1 aliphatic heterocycles. The van der Waals surface area contributed by atoms with Crippen LogP contribution in [-0.4, -0.2) is 17.4 Å². The van der Waals surface area contributed by atoms with E-state index >= 15 is 0 Å². The van der Waals surface area contributed by atoms with Crippen molar-refractivity contribution in [1.82, 2.24) is 11.1 Å². The van der Waals surface area contributed by atoms with E-state index in [-0.39, 0.29) is 12.1 Å². The molecule has 0 unspecified atom stereocenters. The van der Waals surface area contributed by atoms with Crippen LogP contribution in [-0.2, 0) is 4.79 Å². The van der Waals surface area contributed by atoms with Crippen molar-refractivity contribution in [3.63, 3.8) is 0 Å². The van der Waals surface area contributed by atoms with E-state index in [9.17, 15) is 4.79 Å². The van der Waals surface area contributed by atoms with Gasteiger partial charge in [-0.1, -0.05) is 0 Å². The minimum absolute atomic E-state index is 0. The summed E-state index contributed by atoms with van der Waals surface area (Å²) in [5.74, 6) is -0.0347. The van der Waals surface area contributed by atoms with Crippen molar-refractivity contribution in [1.29, 1.82) is 5.26 Å². The number of carbonyl (C=O) groups excluding carboxylic acids is 1. The number of carbonyl (C=O) groups is 1. The van der Waals surface area contributed by atoms with E-state index in [4.69, 9.17) is 5.26 Å². The summed E-state index contributed by atoms with van der Waals surface area (Å²) < 4.78 is 0. The molecule has 0 aromatic rings. The Balaban J connectivity index is 0.000000640. The maximum Gasteiger partial charge on any atom is 0.235 e. The summed E-state index contributed by atoms with van der Waals surface area (Å²) in [6, 6.07) is 0. The van der Waals surface area contributed by atoms with Crippen LogP contribution < -0.4 is 6.15 Å². The van der Waals surface area contributed by atoms with Gasteiger partial charge < -0.3 is 6.15 Å². The lowest BCUT2D eigenvalue weighted by molar-refractivity contribution is -0.125. The molecule has 1 fully saturated rings. The molecule has 9 heavy (non-hydrogen) atoms. The van der Waals surface area contributed by atoms with Gasteiger partial charge in [-0.15, -0.1) is 0 Å². The van der Waals surface area contributed by atoms with E-state index in [0.29, 0.717) is 13.0 Å². The van der Waals surface area contributed by atoms with Crippen LogP contribution in [0.5, 0.6) is 0 Å². The maximum absolute atomic E-state index is 10.5. The largest absolute Gasteiger partial charge is 0.344 e. The summed E-state index contributed by atoms with van der Waals surface area (Å²) in [5.41, 5.74) is 0. The van der Waals surface area contributed by atoms with E-state index in [1.165, 1.54) is 4.90 Å². The van der Waals surface area contributed by atoms with E-state index in [2.05, 4.69) is 0 Å². The maximum atomic E-state index is 10.5. The smallest absolute Gasteiger partial charge is 0.235 e. The summed E-state index contributed by atoms with van der Waals surface area (Å²) in [6.45, 7) is 0.620. The second-order valence-corrected chi connectivity index (χ2v) is 1.75. The number of nitriles is 1. The fourth-order valence-corrected chi connectivity index (χ4v) is 0.754. The number of likely N-dealkylation sites (tertiary alicyclic amines) is 1. The van der Waals surface area contributed by atoms with Gasteiger partial charge in [0.15, 0.2) is 6.19 Å². The average molecular weight is 127 g/mol. The Kier molecular flexibility index (Phi) is 2.68. The molecule has 1 saturated heterocycles. The van der Waals surface area contributed by atoms with Crippen LogP contribution in [0.3, 0.4) is 0 Å². The molecule has 0 atom stereocenters. The molecule has 0 bridgehead atoms. The standard InChI is InChI=1S/C5H6N2O.H3N/c6-4-7-3-1-2-5(7)8;/h1-3H2;1H3. The van der Waals surface area contributed by atoms with Gasteiger partial charge in [0.25, 0.3) is 0 Å². The van der Waals surface area contributed by atoms with Gasteiger partial charge in [-0.3, -0.25) is 4.79 Å². The van der Waals surface area contributed by atoms with Gasteiger partial charge in [0, 0.05) is 13.0 Å². The minimum Gasteiger partial charge on any atom is -0.344 e. The summed E-state index contributed by atoms with van der Waals surface area (Å²) >= 11 is 0. The second kappa shape index (κ2) is 3.05. The first-order chi connectivity index (χ1) is 3.84. The van der Waals surface area contributed by atoms with Crippen molar-refractivity contribution in [2.75, 3.05) is 6.54 Å². The van der Waals surface area contributed by atoms with E-state index < -0.39 is 0 Å². The lowest BCUT2D eigenvalue weighted by atomic mass is 10.4. The monoisotopic (exact) mass is 127 g/mol. The van der Waals surface area contributed by atoms with Gasteiger partial charge in [-0.25, -0.2) is 4.90 Å². The molecule has 0 saturated carbocycles. The Bertz CT molecular complexity index is 149. The molecule has 1 rings (SSSR count). The predicted octanol–water partition coefficient (Wildman–Crippen LogP) is 0.252. The fourth-order valence-electron chi connectivity index (χ4n) is 0.754. The van der Waals surface area contributed by atoms with Crippen LogP contribution in [0.1, 0.15) is 12.8 Å². The number of rotatable bonds is 0. The lowest BCUT2D eigenvalue weighted by Gasteiger charge is -1.98. The van der Waals surface area contributed by atoms with Crippen molar-refractivity contribution in [3.05, 3.63) is 0 Å². The Morgan fingerprint density at radius 2 is 2.33 bits per heavy atom. The predicted molar refractivity (Wildman–Crippen MR) is 31.6 cm³/mol. The van der Waals surface area contributed by atoms with Crippen LogP contribution in [0.4, 0.5) is 0 Å². The first-order valence-electron chi connectivity index (χ1n) is 2.54. The molecule has 1 heterocycles. The molecule has 0 aromatic heterocycles. The zero-order valence-electron chi connectivity index (χ0n) is 5.13. The first kappa shape index (κ1) is 7.92. The van der Waals surface area contributed by atoms with E-state index in [1.807, 2.05) is 0 Å². The summed E-state index contributed by atoms with van der Waals surface area (Å²) in [5, 5.41) is 8.19. The van der Waals surface area contributed by atoms with Crippen LogP contribution in [0.2, 0.25) is 0 Å². The fraction of sp³-hybridized carbons (Fsp3) is 0.600. The second-order valence-electron chi connectivity index (χ2n) is 1.75. The number of hydrogen-bond donors (Lipinski definition) is 1. The normalized spacial score (nSPS) is 16.8. The SMILES string of the molecule is N.N#CN1CCCC1=O. The van der Waals surface area contributed by atoms with Crippen LogP contribution in [0, 0.1) is 11.5 Å². The zero-order valence-corrected chi connectivity index (χ0v) is 5.13. The van der Waals surface area contributed by atoms with E-state index in [0.717, 1.165) is 6.42 Å². The van der Waals surface area contributed by atoms with Crippen molar-refractivity contribution in [2.24, 2.45) is 0 Å². The van der Waals surface area contributed by atoms with Crippen LogP contribution in [0.25, 0.3) is 0 Å². The minimum atomic E-state index is -0.0347. The molecule has 0 radical (unpaired) electrons. The molecule has 0 spiro atoms. The quantitative estimate of drug-likeness (QED) is 0.474. The van der Waals surface area contributed by atoms with Crippen LogP contribution >= 0.6 is 0 Å². The summed E-state index contributed by atoms with van der Waals surface area (Å²) in [6.07, 6.45) is 3.19. The molecule has 0 aromatic carbocycles. The number of amides is 1. The van der Waals surface area contributed by atoms with Crippen molar-refractivity contribution >= 4 is 5.91 Å². The molecule has 4 heteroatoms. The highest BCUT2D eigenvalue weighted by molar-refractivity contribution is 5.79. The Morgan fingerprint density at radius 1 is 1.67 bits per heavy atom. The highest BCUT2D eigenvalue weighted by Crippen LogP contribution is 2.06. The lowest BCUT2D eigenvalue weighted by Crippen LogP contribution is -2.17. The topological polar surface area (TPSA) is 79.1 Å². The molecule has 1 amide bonds. The molecular formula is C5H9N3O. The summed E-state index contributed by atoms with van der Waals surface area (Å²) in [4.78, 5) is 11.7. The van der Waals surface area contributed by atoms with Crippen molar-refractivity contribution in [2.45, 2.75) is 12.8 Å².